The first-order valence-corrected chi connectivity index (χ1v) is 9.61. The van der Waals surface area contributed by atoms with Gasteiger partial charge in [0, 0.05) is 22.1 Å². The fourth-order valence-electron chi connectivity index (χ4n) is 2.26. The summed E-state index contributed by atoms with van der Waals surface area (Å²) in [6, 6.07) is 8.32. The van der Waals surface area contributed by atoms with Gasteiger partial charge in [-0.3, -0.25) is 0 Å². The highest BCUT2D eigenvalue weighted by Crippen LogP contribution is 2.35. The minimum absolute atomic E-state index is 0.0226. The predicted molar refractivity (Wildman–Crippen MR) is 108 cm³/mol. The molecule has 2 aromatic carbocycles. The van der Waals surface area contributed by atoms with E-state index in [9.17, 15) is 4.39 Å². The van der Waals surface area contributed by atoms with E-state index >= 15 is 0 Å². The molecule has 0 radical (unpaired) electrons. The number of hydrogen-bond acceptors (Lipinski definition) is 3. The Balaban J connectivity index is 2.18. The normalized spacial score (nSPS) is 11.5. The Morgan fingerprint density at radius 2 is 1.96 bits per heavy atom. The van der Waals surface area contributed by atoms with Crippen molar-refractivity contribution in [2.24, 2.45) is 0 Å². The van der Waals surface area contributed by atoms with Crippen LogP contribution < -0.4 is 14.8 Å². The molecular weight excluding hydrogens is 421 g/mol. The molecule has 1 N–H and O–H groups in total. The van der Waals surface area contributed by atoms with E-state index in [1.54, 1.807) is 19.2 Å². The average molecular weight is 445 g/mol. The SMILES string of the molecule is CCC(C)(C)NCc1cc(OC)c(OCc2c(F)cccc2Cl)cc1Br. The lowest BCUT2D eigenvalue weighted by Gasteiger charge is -2.25. The summed E-state index contributed by atoms with van der Waals surface area (Å²) in [6.45, 7) is 7.18. The second kappa shape index (κ2) is 9.07. The summed E-state index contributed by atoms with van der Waals surface area (Å²) in [5, 5.41) is 3.85. The Morgan fingerprint density at radius 1 is 1.23 bits per heavy atom. The van der Waals surface area contributed by atoms with Crippen LogP contribution in [-0.2, 0) is 13.2 Å². The quantitative estimate of drug-likeness (QED) is 0.533. The number of rotatable bonds is 8. The van der Waals surface area contributed by atoms with Crippen molar-refractivity contribution in [1.29, 1.82) is 0 Å². The molecule has 2 aromatic rings. The van der Waals surface area contributed by atoms with Gasteiger partial charge in [-0.2, -0.15) is 0 Å². The maximum atomic E-state index is 13.9. The lowest BCUT2D eigenvalue weighted by Crippen LogP contribution is -2.37. The second-order valence-electron chi connectivity index (χ2n) is 6.67. The molecule has 0 aliphatic heterocycles. The third-order valence-electron chi connectivity index (χ3n) is 4.41. The van der Waals surface area contributed by atoms with E-state index in [0.717, 1.165) is 16.5 Å². The van der Waals surface area contributed by atoms with Crippen LogP contribution in [0.25, 0.3) is 0 Å². The summed E-state index contributed by atoms with van der Waals surface area (Å²) < 4.78 is 26.0. The van der Waals surface area contributed by atoms with Gasteiger partial charge in [0.15, 0.2) is 11.5 Å². The molecule has 0 aromatic heterocycles. The summed E-state index contributed by atoms with van der Waals surface area (Å²) in [5.41, 5.74) is 1.42. The van der Waals surface area contributed by atoms with Crippen LogP contribution >= 0.6 is 27.5 Å². The minimum Gasteiger partial charge on any atom is -0.493 e. The lowest BCUT2D eigenvalue weighted by atomic mass is 10.0. The zero-order valence-electron chi connectivity index (χ0n) is 15.5. The molecule has 3 nitrogen and oxygen atoms in total. The predicted octanol–water partition coefficient (Wildman–Crippen LogP) is 6.11. The van der Waals surface area contributed by atoms with Crippen molar-refractivity contribution in [2.75, 3.05) is 7.11 Å². The number of methoxy groups -OCH3 is 1. The number of hydrogen-bond donors (Lipinski definition) is 1. The van der Waals surface area contributed by atoms with E-state index in [2.05, 4.69) is 42.0 Å². The Kier molecular flexibility index (Phi) is 7.33. The molecular formula is C20H24BrClFNO2. The maximum Gasteiger partial charge on any atom is 0.162 e. The summed E-state index contributed by atoms with van der Waals surface area (Å²) >= 11 is 9.63. The topological polar surface area (TPSA) is 30.5 Å². The van der Waals surface area contributed by atoms with Crippen LogP contribution in [0.15, 0.2) is 34.8 Å². The molecule has 142 valence electrons. The van der Waals surface area contributed by atoms with Gasteiger partial charge in [0.25, 0.3) is 0 Å². The smallest absolute Gasteiger partial charge is 0.162 e. The van der Waals surface area contributed by atoms with Crippen molar-refractivity contribution < 1.29 is 13.9 Å². The molecule has 6 heteroatoms. The summed E-state index contributed by atoms with van der Waals surface area (Å²) in [6.07, 6.45) is 1.02. The van der Waals surface area contributed by atoms with E-state index < -0.39 is 5.82 Å². The third-order valence-corrected chi connectivity index (χ3v) is 5.50. The van der Waals surface area contributed by atoms with E-state index in [1.165, 1.54) is 6.07 Å². The number of benzene rings is 2. The van der Waals surface area contributed by atoms with E-state index in [1.807, 2.05) is 12.1 Å². The molecule has 0 heterocycles. The number of nitrogens with one attached hydrogen (secondary N) is 1. The first-order chi connectivity index (χ1) is 12.3. The first kappa shape index (κ1) is 21.0. The van der Waals surface area contributed by atoms with Crippen LogP contribution in [0.5, 0.6) is 11.5 Å². The Morgan fingerprint density at radius 3 is 2.58 bits per heavy atom. The van der Waals surface area contributed by atoms with Crippen molar-refractivity contribution in [3.63, 3.8) is 0 Å². The van der Waals surface area contributed by atoms with Crippen molar-refractivity contribution in [3.8, 4) is 11.5 Å². The maximum absolute atomic E-state index is 13.9. The zero-order chi connectivity index (χ0) is 19.3. The summed E-state index contributed by atoms with van der Waals surface area (Å²) in [7, 11) is 1.58. The standard InChI is InChI=1S/C20H24BrClFNO2/c1-5-20(2,3)24-11-13-9-18(25-4)19(10-15(13)21)26-12-14-16(22)7-6-8-17(14)23/h6-10,24H,5,11-12H2,1-4H3. The molecule has 0 amide bonds. The van der Waals surface area contributed by atoms with Crippen LogP contribution in [-0.4, -0.2) is 12.6 Å². The van der Waals surface area contributed by atoms with Crippen LogP contribution in [0.1, 0.15) is 38.3 Å². The van der Waals surface area contributed by atoms with Gasteiger partial charge in [0.05, 0.1) is 12.1 Å². The molecule has 0 unspecified atom stereocenters. The monoisotopic (exact) mass is 443 g/mol. The molecule has 0 atom stereocenters. The minimum atomic E-state index is -0.391. The molecule has 0 aliphatic carbocycles. The van der Waals surface area contributed by atoms with Crippen molar-refractivity contribution >= 4 is 27.5 Å². The Bertz CT molecular complexity index is 747. The molecule has 0 bridgehead atoms. The van der Waals surface area contributed by atoms with Gasteiger partial charge >= 0.3 is 0 Å². The Hall–Kier alpha value is -1.30. The van der Waals surface area contributed by atoms with E-state index in [4.69, 9.17) is 21.1 Å². The fourth-order valence-corrected chi connectivity index (χ4v) is 2.94. The van der Waals surface area contributed by atoms with Gasteiger partial charge < -0.3 is 14.8 Å². The van der Waals surface area contributed by atoms with Crippen molar-refractivity contribution in [3.05, 3.63) is 56.8 Å². The number of halogens is 3. The molecule has 0 saturated carbocycles. The molecule has 0 fully saturated rings. The zero-order valence-corrected chi connectivity index (χ0v) is 17.8. The first-order valence-electron chi connectivity index (χ1n) is 8.44. The van der Waals surface area contributed by atoms with Crippen LogP contribution in [0, 0.1) is 5.82 Å². The van der Waals surface area contributed by atoms with Crippen molar-refractivity contribution in [2.45, 2.75) is 45.9 Å². The van der Waals surface area contributed by atoms with Gasteiger partial charge in [-0.25, -0.2) is 4.39 Å². The number of ether oxygens (including phenoxy) is 2. The summed E-state index contributed by atoms with van der Waals surface area (Å²) in [4.78, 5) is 0. The molecule has 26 heavy (non-hydrogen) atoms. The molecule has 0 aliphatic rings. The third kappa shape index (κ3) is 5.35. The lowest BCUT2D eigenvalue weighted by molar-refractivity contribution is 0.279. The highest BCUT2D eigenvalue weighted by molar-refractivity contribution is 9.10. The summed E-state index contributed by atoms with van der Waals surface area (Å²) in [5.74, 6) is 0.724. The highest BCUT2D eigenvalue weighted by atomic mass is 79.9. The highest BCUT2D eigenvalue weighted by Gasteiger charge is 2.17. The molecule has 0 spiro atoms. The van der Waals surface area contributed by atoms with Gasteiger partial charge in [-0.15, -0.1) is 0 Å². The van der Waals surface area contributed by atoms with E-state index in [0.29, 0.717) is 28.6 Å². The second-order valence-corrected chi connectivity index (χ2v) is 7.94. The fraction of sp³-hybridized carbons (Fsp3) is 0.400. The van der Waals surface area contributed by atoms with Gasteiger partial charge in [0.1, 0.15) is 12.4 Å². The van der Waals surface area contributed by atoms with Crippen LogP contribution in [0.2, 0.25) is 5.02 Å². The van der Waals surface area contributed by atoms with E-state index in [-0.39, 0.29) is 12.1 Å². The van der Waals surface area contributed by atoms with Crippen molar-refractivity contribution in [1.82, 2.24) is 5.32 Å². The van der Waals surface area contributed by atoms with Gasteiger partial charge in [-0.05, 0) is 50.1 Å². The van der Waals surface area contributed by atoms with Gasteiger partial charge in [-0.1, -0.05) is 40.5 Å². The Labute approximate surface area is 168 Å². The largest absolute Gasteiger partial charge is 0.493 e. The van der Waals surface area contributed by atoms with Crippen LogP contribution in [0.4, 0.5) is 4.39 Å². The molecule has 0 saturated heterocycles. The van der Waals surface area contributed by atoms with Gasteiger partial charge in [0.2, 0.25) is 0 Å². The van der Waals surface area contributed by atoms with Crippen LogP contribution in [0.3, 0.4) is 0 Å². The molecule has 2 rings (SSSR count). The average Bonchev–Trinajstić information content (AvgIpc) is 2.60.